The topological polar surface area (TPSA) is 42.0 Å². The minimum Gasteiger partial charge on any atom is -0.491 e. The number of halogens is 1. The van der Waals surface area contributed by atoms with Gasteiger partial charge in [0.1, 0.15) is 18.5 Å². The van der Waals surface area contributed by atoms with E-state index in [0.29, 0.717) is 44.2 Å². The van der Waals surface area contributed by atoms with E-state index in [1.54, 1.807) is 29.2 Å². The first-order valence-corrected chi connectivity index (χ1v) is 10.2. The van der Waals surface area contributed by atoms with Crippen LogP contribution < -0.4 is 4.74 Å². The van der Waals surface area contributed by atoms with Crippen molar-refractivity contribution in [2.45, 2.75) is 25.4 Å². The second-order valence-corrected chi connectivity index (χ2v) is 8.01. The van der Waals surface area contributed by atoms with E-state index in [2.05, 4.69) is 4.90 Å². The summed E-state index contributed by atoms with van der Waals surface area (Å²) in [6.07, 6.45) is 2.97. The van der Waals surface area contributed by atoms with E-state index in [4.69, 9.17) is 9.47 Å². The predicted molar refractivity (Wildman–Crippen MR) is 101 cm³/mol. The van der Waals surface area contributed by atoms with Crippen molar-refractivity contribution in [2.75, 3.05) is 52.5 Å². The van der Waals surface area contributed by atoms with Gasteiger partial charge in [0.15, 0.2) is 0 Å². The molecule has 3 aliphatic rings. The standard InChI is InChI=1S/C21H29FN2O3/c22-19(14-23-12-17-2-1-3-18(17)13-23)15-27-20-6-4-16(5-7-20)21(25)24-8-10-26-11-9-24/h4-7,17-19H,1-3,8-15H2. The maximum atomic E-state index is 14.3. The van der Waals surface area contributed by atoms with Crippen LogP contribution in [0.15, 0.2) is 24.3 Å². The van der Waals surface area contributed by atoms with Gasteiger partial charge in [-0.15, -0.1) is 0 Å². The van der Waals surface area contributed by atoms with E-state index in [1.165, 1.54) is 19.3 Å². The van der Waals surface area contributed by atoms with Crippen LogP contribution in [-0.2, 0) is 4.74 Å². The summed E-state index contributed by atoms with van der Waals surface area (Å²) in [6, 6.07) is 7.01. The normalized spacial score (nSPS) is 26.8. The molecule has 1 aromatic rings. The number of hydrogen-bond acceptors (Lipinski definition) is 4. The molecule has 0 aromatic heterocycles. The molecule has 2 heterocycles. The number of hydrogen-bond donors (Lipinski definition) is 0. The first-order chi connectivity index (χ1) is 13.2. The molecule has 4 rings (SSSR count). The average Bonchev–Trinajstić information content (AvgIpc) is 3.28. The molecule has 5 nitrogen and oxygen atoms in total. The summed E-state index contributed by atoms with van der Waals surface area (Å²) in [6.45, 7) is 5.03. The minimum absolute atomic E-state index is 0.00722. The highest BCUT2D eigenvalue weighted by Crippen LogP contribution is 2.37. The third-order valence-electron chi connectivity index (χ3n) is 6.09. The van der Waals surface area contributed by atoms with Crippen LogP contribution >= 0.6 is 0 Å². The number of amides is 1. The molecule has 0 radical (unpaired) electrons. The van der Waals surface area contributed by atoms with Crippen molar-refractivity contribution in [3.63, 3.8) is 0 Å². The Morgan fingerprint density at radius 1 is 1.15 bits per heavy atom. The molecule has 27 heavy (non-hydrogen) atoms. The second kappa shape index (κ2) is 8.57. The number of morpholine rings is 1. The van der Waals surface area contributed by atoms with Crippen LogP contribution in [0.4, 0.5) is 4.39 Å². The van der Waals surface area contributed by atoms with Gasteiger partial charge in [-0.2, -0.15) is 0 Å². The highest BCUT2D eigenvalue weighted by molar-refractivity contribution is 5.94. The highest BCUT2D eigenvalue weighted by atomic mass is 19.1. The van der Waals surface area contributed by atoms with E-state index >= 15 is 0 Å². The monoisotopic (exact) mass is 376 g/mol. The van der Waals surface area contributed by atoms with Crippen molar-refractivity contribution in [3.05, 3.63) is 29.8 Å². The molecule has 6 heteroatoms. The molecule has 148 valence electrons. The minimum atomic E-state index is -0.988. The Labute approximate surface area is 160 Å². The number of nitrogens with zero attached hydrogens (tertiary/aromatic N) is 2. The van der Waals surface area contributed by atoms with Crippen LogP contribution in [-0.4, -0.2) is 74.4 Å². The molecule has 1 aromatic carbocycles. The second-order valence-electron chi connectivity index (χ2n) is 8.01. The Bertz CT molecular complexity index is 621. The van der Waals surface area contributed by atoms with Crippen molar-refractivity contribution in [2.24, 2.45) is 11.8 Å². The molecule has 1 saturated carbocycles. The molecule has 0 bridgehead atoms. The SMILES string of the molecule is O=C(c1ccc(OCC(F)CN2CC3CCCC3C2)cc1)N1CCOCC1. The van der Waals surface area contributed by atoms with E-state index < -0.39 is 6.17 Å². The molecule has 0 spiro atoms. The predicted octanol–water partition coefficient (Wildman–Crippen LogP) is 2.61. The summed E-state index contributed by atoms with van der Waals surface area (Å²) in [5, 5.41) is 0. The molecular weight excluding hydrogens is 347 g/mol. The maximum Gasteiger partial charge on any atom is 0.254 e. The van der Waals surface area contributed by atoms with Crippen LogP contribution in [0, 0.1) is 11.8 Å². The molecule has 0 N–H and O–H groups in total. The van der Waals surface area contributed by atoms with Gasteiger partial charge in [-0.25, -0.2) is 4.39 Å². The van der Waals surface area contributed by atoms with E-state index in [-0.39, 0.29) is 12.5 Å². The van der Waals surface area contributed by atoms with Crippen molar-refractivity contribution >= 4 is 5.91 Å². The van der Waals surface area contributed by atoms with Gasteiger partial charge in [-0.3, -0.25) is 9.69 Å². The van der Waals surface area contributed by atoms with E-state index in [0.717, 1.165) is 24.9 Å². The van der Waals surface area contributed by atoms with Gasteiger partial charge in [0, 0.05) is 38.3 Å². The Balaban J connectivity index is 1.22. The van der Waals surface area contributed by atoms with Crippen molar-refractivity contribution in [1.29, 1.82) is 0 Å². The first-order valence-electron chi connectivity index (χ1n) is 10.2. The molecule has 1 aliphatic carbocycles. The molecular formula is C21H29FN2O3. The summed E-state index contributed by atoms with van der Waals surface area (Å²) in [5.74, 6) is 2.19. The van der Waals surface area contributed by atoms with Crippen LogP contribution in [0.1, 0.15) is 29.6 Å². The molecule has 1 amide bonds. The number of alkyl halides is 1. The van der Waals surface area contributed by atoms with Gasteiger partial charge in [-0.05, 0) is 48.9 Å². The number of ether oxygens (including phenoxy) is 2. The number of benzene rings is 1. The lowest BCUT2D eigenvalue weighted by molar-refractivity contribution is 0.0303. The van der Waals surface area contributed by atoms with Gasteiger partial charge < -0.3 is 14.4 Å². The summed E-state index contributed by atoms with van der Waals surface area (Å²) in [4.78, 5) is 16.5. The number of fused-ring (bicyclic) bond motifs is 1. The van der Waals surface area contributed by atoms with Crippen LogP contribution in [0.25, 0.3) is 0 Å². The van der Waals surface area contributed by atoms with Crippen molar-refractivity contribution in [1.82, 2.24) is 9.80 Å². The molecule has 3 unspecified atom stereocenters. The zero-order valence-electron chi connectivity index (χ0n) is 15.8. The molecule has 3 atom stereocenters. The maximum absolute atomic E-state index is 14.3. The number of carbonyl (C=O) groups excluding carboxylic acids is 1. The largest absolute Gasteiger partial charge is 0.491 e. The fourth-order valence-electron chi connectivity index (χ4n) is 4.64. The first kappa shape index (κ1) is 18.7. The molecule has 2 aliphatic heterocycles. The third-order valence-corrected chi connectivity index (χ3v) is 6.09. The van der Waals surface area contributed by atoms with Crippen LogP contribution in [0.2, 0.25) is 0 Å². The summed E-state index contributed by atoms with van der Waals surface area (Å²) in [5.41, 5.74) is 0.629. The number of carbonyl (C=O) groups is 1. The lowest BCUT2D eigenvalue weighted by Gasteiger charge is -2.26. The number of rotatable bonds is 6. The number of likely N-dealkylation sites (tertiary alicyclic amines) is 1. The van der Waals surface area contributed by atoms with Gasteiger partial charge in [0.2, 0.25) is 0 Å². The Hall–Kier alpha value is -1.66. The van der Waals surface area contributed by atoms with Gasteiger partial charge in [0.25, 0.3) is 5.91 Å². The van der Waals surface area contributed by atoms with Gasteiger partial charge in [0.05, 0.1) is 13.2 Å². The fourth-order valence-corrected chi connectivity index (χ4v) is 4.64. The van der Waals surface area contributed by atoms with Crippen LogP contribution in [0.3, 0.4) is 0 Å². The lowest BCUT2D eigenvalue weighted by atomic mass is 10.0. The highest BCUT2D eigenvalue weighted by Gasteiger charge is 2.36. The van der Waals surface area contributed by atoms with Crippen LogP contribution in [0.5, 0.6) is 5.75 Å². The lowest BCUT2D eigenvalue weighted by Crippen LogP contribution is -2.40. The summed E-state index contributed by atoms with van der Waals surface area (Å²) >= 11 is 0. The summed E-state index contributed by atoms with van der Waals surface area (Å²) in [7, 11) is 0. The van der Waals surface area contributed by atoms with E-state index in [1.807, 2.05) is 0 Å². The Morgan fingerprint density at radius 3 is 2.48 bits per heavy atom. The Kier molecular flexibility index (Phi) is 5.93. The van der Waals surface area contributed by atoms with E-state index in [9.17, 15) is 9.18 Å². The zero-order chi connectivity index (χ0) is 18.6. The third kappa shape index (κ3) is 4.61. The fraction of sp³-hybridized carbons (Fsp3) is 0.667. The molecule has 3 fully saturated rings. The summed E-state index contributed by atoms with van der Waals surface area (Å²) < 4.78 is 25.2. The van der Waals surface area contributed by atoms with Gasteiger partial charge in [-0.1, -0.05) is 6.42 Å². The smallest absolute Gasteiger partial charge is 0.254 e. The van der Waals surface area contributed by atoms with Crippen molar-refractivity contribution < 1.29 is 18.7 Å². The van der Waals surface area contributed by atoms with Gasteiger partial charge >= 0.3 is 0 Å². The van der Waals surface area contributed by atoms with Crippen molar-refractivity contribution in [3.8, 4) is 5.75 Å². The zero-order valence-corrected chi connectivity index (χ0v) is 15.8. The average molecular weight is 376 g/mol. The Morgan fingerprint density at radius 2 is 1.81 bits per heavy atom. The molecule has 2 saturated heterocycles. The quantitative estimate of drug-likeness (QED) is 0.765.